The van der Waals surface area contributed by atoms with E-state index in [1.54, 1.807) is 17.7 Å². The summed E-state index contributed by atoms with van der Waals surface area (Å²) in [6, 6.07) is 9.88. The molecule has 1 amide bonds. The largest absolute Gasteiger partial charge is 0.309 e. The highest BCUT2D eigenvalue weighted by Gasteiger charge is 2.16. The second-order valence-electron chi connectivity index (χ2n) is 5.96. The number of aryl methyl sites for hydroxylation is 3. The minimum Gasteiger partial charge on any atom is -0.309 e. The first kappa shape index (κ1) is 16.5. The number of rotatable bonds is 3. The Morgan fingerprint density at radius 3 is 2.67 bits per heavy atom. The third-order valence-electron chi connectivity index (χ3n) is 3.90. The molecule has 0 saturated heterocycles. The molecule has 3 aromatic rings. The van der Waals surface area contributed by atoms with E-state index in [9.17, 15) is 4.79 Å². The fourth-order valence-corrected chi connectivity index (χ4v) is 2.70. The van der Waals surface area contributed by atoms with Gasteiger partial charge < -0.3 is 5.32 Å². The predicted molar refractivity (Wildman–Crippen MR) is 97.0 cm³/mol. The van der Waals surface area contributed by atoms with Crippen molar-refractivity contribution in [3.8, 4) is 5.82 Å². The quantitative estimate of drug-likeness (QED) is 0.734. The van der Waals surface area contributed by atoms with Gasteiger partial charge in [-0.3, -0.25) is 4.79 Å². The van der Waals surface area contributed by atoms with Crippen molar-refractivity contribution in [2.24, 2.45) is 0 Å². The smallest absolute Gasteiger partial charge is 0.243 e. The Kier molecular flexibility index (Phi) is 4.28. The standard InChI is InChI=1S/C18H19ClN4O/c1-10-6-5-7-14-11(2)8-15(20-17(10)14)23-16(9-12(3)22-23)21-18(24)13(4)19/h5-9,13H,1-4H3,(H,21,24). The van der Waals surface area contributed by atoms with Crippen LogP contribution in [0.5, 0.6) is 0 Å². The summed E-state index contributed by atoms with van der Waals surface area (Å²) in [6.07, 6.45) is 0. The van der Waals surface area contributed by atoms with Crippen LogP contribution in [0.1, 0.15) is 23.7 Å². The number of carbonyl (C=O) groups excluding carboxylic acids is 1. The van der Waals surface area contributed by atoms with E-state index in [0.717, 1.165) is 27.7 Å². The Hall–Kier alpha value is -2.40. The van der Waals surface area contributed by atoms with Crippen LogP contribution in [0.15, 0.2) is 30.3 Å². The number of alkyl halides is 1. The number of aromatic nitrogens is 3. The normalized spacial score (nSPS) is 12.4. The van der Waals surface area contributed by atoms with Crippen molar-refractivity contribution in [3.63, 3.8) is 0 Å². The maximum atomic E-state index is 11.9. The first-order valence-electron chi connectivity index (χ1n) is 7.76. The van der Waals surface area contributed by atoms with E-state index < -0.39 is 5.38 Å². The molecule has 24 heavy (non-hydrogen) atoms. The number of amides is 1. The van der Waals surface area contributed by atoms with Crippen LogP contribution in [-0.4, -0.2) is 26.0 Å². The Morgan fingerprint density at radius 1 is 1.21 bits per heavy atom. The molecule has 0 bridgehead atoms. The van der Waals surface area contributed by atoms with Gasteiger partial charge in [-0.2, -0.15) is 9.78 Å². The van der Waals surface area contributed by atoms with Gasteiger partial charge >= 0.3 is 0 Å². The summed E-state index contributed by atoms with van der Waals surface area (Å²) in [6.45, 7) is 7.58. The molecular weight excluding hydrogens is 324 g/mol. The van der Waals surface area contributed by atoms with E-state index in [1.807, 2.05) is 39.0 Å². The van der Waals surface area contributed by atoms with Crippen LogP contribution >= 0.6 is 11.6 Å². The van der Waals surface area contributed by atoms with Crippen molar-refractivity contribution in [2.45, 2.75) is 33.1 Å². The highest BCUT2D eigenvalue weighted by atomic mass is 35.5. The number of benzene rings is 1. The molecule has 1 aromatic carbocycles. The summed E-state index contributed by atoms with van der Waals surface area (Å²) in [5.74, 6) is 0.955. The summed E-state index contributed by atoms with van der Waals surface area (Å²) in [7, 11) is 0. The monoisotopic (exact) mass is 342 g/mol. The lowest BCUT2D eigenvalue weighted by Gasteiger charge is -2.12. The summed E-state index contributed by atoms with van der Waals surface area (Å²) in [5.41, 5.74) is 3.93. The average molecular weight is 343 g/mol. The molecule has 0 spiro atoms. The number of nitrogens with zero attached hydrogens (tertiary/aromatic N) is 3. The number of carbonyl (C=O) groups is 1. The van der Waals surface area contributed by atoms with E-state index in [-0.39, 0.29) is 5.91 Å². The van der Waals surface area contributed by atoms with Gasteiger partial charge in [-0.1, -0.05) is 18.2 Å². The number of pyridine rings is 1. The lowest BCUT2D eigenvalue weighted by Crippen LogP contribution is -2.22. The molecule has 0 aliphatic carbocycles. The molecule has 0 saturated carbocycles. The molecule has 3 rings (SSSR count). The van der Waals surface area contributed by atoms with Crippen LogP contribution < -0.4 is 5.32 Å². The van der Waals surface area contributed by atoms with Gasteiger partial charge in [0.1, 0.15) is 11.2 Å². The number of hydrogen-bond acceptors (Lipinski definition) is 3. The van der Waals surface area contributed by atoms with Crippen LogP contribution in [-0.2, 0) is 4.79 Å². The van der Waals surface area contributed by atoms with Crippen LogP contribution in [0, 0.1) is 20.8 Å². The number of anilines is 1. The fourth-order valence-electron chi connectivity index (χ4n) is 2.64. The minimum atomic E-state index is -0.623. The molecular formula is C18H19ClN4O. The predicted octanol–water partition coefficient (Wildman–Crippen LogP) is 3.91. The zero-order valence-electron chi connectivity index (χ0n) is 14.1. The molecule has 1 atom stereocenters. The lowest BCUT2D eigenvalue weighted by molar-refractivity contribution is -0.115. The number of para-hydroxylation sites is 1. The lowest BCUT2D eigenvalue weighted by atomic mass is 10.1. The minimum absolute atomic E-state index is 0.272. The zero-order chi connectivity index (χ0) is 17.4. The molecule has 5 nitrogen and oxygen atoms in total. The molecule has 0 aliphatic heterocycles. The molecule has 6 heteroatoms. The van der Waals surface area contributed by atoms with Gasteiger partial charge in [0.2, 0.25) is 5.91 Å². The molecule has 0 aliphatic rings. The van der Waals surface area contributed by atoms with Crippen LogP contribution in [0.3, 0.4) is 0 Å². The third-order valence-corrected chi connectivity index (χ3v) is 4.09. The SMILES string of the molecule is Cc1cc(NC(=O)C(C)Cl)n(-c2cc(C)c3cccc(C)c3n2)n1. The Labute approximate surface area is 145 Å². The number of fused-ring (bicyclic) bond motifs is 1. The summed E-state index contributed by atoms with van der Waals surface area (Å²) in [4.78, 5) is 16.7. The van der Waals surface area contributed by atoms with Gasteiger partial charge in [-0.15, -0.1) is 11.6 Å². The molecule has 1 N–H and O–H groups in total. The van der Waals surface area contributed by atoms with Crippen molar-refractivity contribution in [2.75, 3.05) is 5.32 Å². The highest BCUT2D eigenvalue weighted by molar-refractivity contribution is 6.32. The zero-order valence-corrected chi connectivity index (χ0v) is 14.8. The third kappa shape index (κ3) is 2.99. The van der Waals surface area contributed by atoms with E-state index in [2.05, 4.69) is 16.5 Å². The molecule has 1 unspecified atom stereocenters. The van der Waals surface area contributed by atoms with Gasteiger partial charge in [0, 0.05) is 11.5 Å². The maximum absolute atomic E-state index is 11.9. The van der Waals surface area contributed by atoms with Gasteiger partial charge in [0.15, 0.2) is 5.82 Å². The summed E-state index contributed by atoms with van der Waals surface area (Å²) in [5, 5.41) is 7.76. The molecule has 2 heterocycles. The number of halogens is 1. The van der Waals surface area contributed by atoms with Gasteiger partial charge in [-0.05, 0) is 44.9 Å². The van der Waals surface area contributed by atoms with Crippen molar-refractivity contribution < 1.29 is 4.79 Å². The topological polar surface area (TPSA) is 59.8 Å². The van der Waals surface area contributed by atoms with E-state index in [1.165, 1.54) is 0 Å². The van der Waals surface area contributed by atoms with Crippen molar-refractivity contribution >= 4 is 34.2 Å². The molecule has 0 radical (unpaired) electrons. The van der Waals surface area contributed by atoms with Crippen LogP contribution in [0.2, 0.25) is 0 Å². The maximum Gasteiger partial charge on any atom is 0.243 e. The highest BCUT2D eigenvalue weighted by Crippen LogP contribution is 2.24. The number of hydrogen-bond donors (Lipinski definition) is 1. The van der Waals surface area contributed by atoms with Gasteiger partial charge in [0.05, 0.1) is 11.2 Å². The Morgan fingerprint density at radius 2 is 1.96 bits per heavy atom. The Balaban J connectivity index is 2.14. The fraction of sp³-hybridized carbons (Fsp3) is 0.278. The first-order valence-corrected chi connectivity index (χ1v) is 8.19. The second kappa shape index (κ2) is 6.24. The van der Waals surface area contributed by atoms with E-state index in [0.29, 0.717) is 11.6 Å². The molecule has 0 fully saturated rings. The summed E-state index contributed by atoms with van der Waals surface area (Å²) >= 11 is 5.85. The average Bonchev–Trinajstić information content (AvgIpc) is 2.88. The molecule has 124 valence electrons. The summed E-state index contributed by atoms with van der Waals surface area (Å²) < 4.78 is 1.64. The van der Waals surface area contributed by atoms with Crippen LogP contribution in [0.4, 0.5) is 5.82 Å². The first-order chi connectivity index (χ1) is 11.4. The van der Waals surface area contributed by atoms with Crippen molar-refractivity contribution in [1.82, 2.24) is 14.8 Å². The molecule has 2 aromatic heterocycles. The van der Waals surface area contributed by atoms with E-state index >= 15 is 0 Å². The van der Waals surface area contributed by atoms with Crippen molar-refractivity contribution in [1.29, 1.82) is 0 Å². The van der Waals surface area contributed by atoms with Gasteiger partial charge in [-0.25, -0.2) is 4.98 Å². The number of nitrogens with one attached hydrogen (secondary N) is 1. The van der Waals surface area contributed by atoms with Gasteiger partial charge in [0.25, 0.3) is 0 Å². The second-order valence-corrected chi connectivity index (χ2v) is 6.61. The Bertz CT molecular complexity index is 930. The van der Waals surface area contributed by atoms with E-state index in [4.69, 9.17) is 16.6 Å². The van der Waals surface area contributed by atoms with Crippen LogP contribution in [0.25, 0.3) is 16.7 Å². The van der Waals surface area contributed by atoms with Crippen molar-refractivity contribution in [3.05, 3.63) is 47.2 Å².